The monoisotopic (exact) mass is 621 g/mol. The lowest BCUT2D eigenvalue weighted by molar-refractivity contribution is -0.193. The molecule has 0 bridgehead atoms. The average molecular weight is 622 g/mol. The lowest BCUT2D eigenvalue weighted by Crippen LogP contribution is -2.24. The molecule has 2 rings (SSSR count). The number of halogens is 6. The Kier molecular flexibility index (Phi) is 14.5. The Morgan fingerprint density at radius 3 is 1.83 bits per heavy atom. The van der Waals surface area contributed by atoms with Crippen LogP contribution in [-0.4, -0.2) is 68.6 Å². The number of carboxylic acid groups (broad SMARTS) is 2. The van der Waals surface area contributed by atoms with Gasteiger partial charge in [0, 0.05) is 30.4 Å². The average Bonchev–Trinajstić information content (AvgIpc) is 3.45. The lowest BCUT2D eigenvalue weighted by atomic mass is 10.1. The summed E-state index contributed by atoms with van der Waals surface area (Å²) in [6.45, 7) is 10.3. The molecule has 0 saturated heterocycles. The number of aromatic amines is 1. The summed E-state index contributed by atoms with van der Waals surface area (Å²) in [5, 5.41) is 20.4. The van der Waals surface area contributed by atoms with Crippen LogP contribution in [0.2, 0.25) is 0 Å². The van der Waals surface area contributed by atoms with Crippen molar-refractivity contribution in [3.8, 4) is 0 Å². The number of aromatic nitrogens is 2. The zero-order valence-electron chi connectivity index (χ0n) is 22.5. The first-order valence-corrected chi connectivity index (χ1v) is 12.4. The number of alkyl halides is 6. The van der Waals surface area contributed by atoms with Crippen LogP contribution < -0.4 is 5.32 Å². The van der Waals surface area contributed by atoms with Crippen LogP contribution in [-0.2, 0) is 38.6 Å². The topological polar surface area (TPSA) is 168 Å². The number of ether oxygens (including phenoxy) is 2. The highest BCUT2D eigenvalue weighted by molar-refractivity contribution is 7.09. The number of carboxylic acids is 2. The maximum absolute atomic E-state index is 12.6. The molecule has 0 atom stereocenters. The third-order valence-electron chi connectivity index (χ3n) is 4.16. The van der Waals surface area contributed by atoms with Crippen molar-refractivity contribution >= 4 is 35.2 Å². The van der Waals surface area contributed by atoms with Crippen LogP contribution >= 0.6 is 11.3 Å². The molecule has 2 aromatic heterocycles. The molecule has 0 aliphatic carbocycles. The number of carbonyl (C=O) groups excluding carboxylic acids is 2. The van der Waals surface area contributed by atoms with Crippen molar-refractivity contribution in [2.24, 2.45) is 0 Å². The van der Waals surface area contributed by atoms with E-state index in [1.807, 2.05) is 33.1 Å². The van der Waals surface area contributed by atoms with E-state index in [1.165, 1.54) is 0 Å². The molecule has 232 valence electrons. The molecule has 0 saturated carbocycles. The summed E-state index contributed by atoms with van der Waals surface area (Å²) in [7, 11) is 0. The van der Waals surface area contributed by atoms with Gasteiger partial charge in [-0.3, -0.25) is 0 Å². The molecular formula is C23H29F6N3O8S. The van der Waals surface area contributed by atoms with E-state index in [0.29, 0.717) is 42.0 Å². The lowest BCUT2D eigenvalue weighted by Gasteiger charge is -2.19. The van der Waals surface area contributed by atoms with Crippen molar-refractivity contribution in [1.82, 2.24) is 15.3 Å². The van der Waals surface area contributed by atoms with E-state index < -0.39 is 41.8 Å². The Balaban J connectivity index is 0.000000941. The Labute approximate surface area is 233 Å². The molecule has 4 N–H and O–H groups in total. The van der Waals surface area contributed by atoms with Gasteiger partial charge < -0.3 is 30.0 Å². The number of aliphatic carboxylic acids is 2. The number of esters is 2. The highest BCUT2D eigenvalue weighted by Crippen LogP contribution is 2.24. The molecule has 0 fully saturated rings. The van der Waals surface area contributed by atoms with Crippen molar-refractivity contribution in [3.05, 3.63) is 39.1 Å². The molecule has 0 spiro atoms. The molecule has 0 aromatic carbocycles. The number of thiazole rings is 1. The highest BCUT2D eigenvalue weighted by Gasteiger charge is 2.39. The van der Waals surface area contributed by atoms with Crippen LogP contribution in [0.15, 0.2) is 11.6 Å². The molecular weight excluding hydrogens is 592 g/mol. The summed E-state index contributed by atoms with van der Waals surface area (Å²) in [5.74, 6) is -6.43. The SMILES string of the molecule is CCOC(=O)c1c(CNCc2nccs2)[nH]c(C(=O)OC(C)(C)C)c1CC.O=C(O)C(F)(F)F.O=C(O)C(F)(F)F. The minimum Gasteiger partial charge on any atom is -0.475 e. The molecule has 18 heteroatoms. The van der Waals surface area contributed by atoms with Crippen molar-refractivity contribution in [3.63, 3.8) is 0 Å². The summed E-state index contributed by atoms with van der Waals surface area (Å²) >= 11 is 1.55. The van der Waals surface area contributed by atoms with Crippen LogP contribution in [0.25, 0.3) is 0 Å². The van der Waals surface area contributed by atoms with E-state index in [9.17, 15) is 35.9 Å². The molecule has 0 aliphatic heterocycles. The van der Waals surface area contributed by atoms with Gasteiger partial charge in [0.05, 0.1) is 12.2 Å². The van der Waals surface area contributed by atoms with Gasteiger partial charge in [0.2, 0.25) is 0 Å². The van der Waals surface area contributed by atoms with E-state index in [1.54, 1.807) is 24.5 Å². The first-order chi connectivity index (χ1) is 18.7. The smallest absolute Gasteiger partial charge is 0.475 e. The van der Waals surface area contributed by atoms with E-state index >= 15 is 0 Å². The fourth-order valence-corrected chi connectivity index (χ4v) is 3.26. The first-order valence-electron chi connectivity index (χ1n) is 11.5. The van der Waals surface area contributed by atoms with E-state index in [4.69, 9.17) is 29.3 Å². The van der Waals surface area contributed by atoms with Crippen molar-refractivity contribution < 1.29 is 65.2 Å². The summed E-state index contributed by atoms with van der Waals surface area (Å²) in [4.78, 5) is 50.2. The van der Waals surface area contributed by atoms with Gasteiger partial charge >= 0.3 is 36.2 Å². The third kappa shape index (κ3) is 14.0. The van der Waals surface area contributed by atoms with Gasteiger partial charge in [-0.1, -0.05) is 6.92 Å². The summed E-state index contributed by atoms with van der Waals surface area (Å²) in [6.07, 6.45) is -7.91. The second-order valence-electron chi connectivity index (χ2n) is 8.54. The molecule has 0 amide bonds. The number of nitrogens with one attached hydrogen (secondary N) is 2. The van der Waals surface area contributed by atoms with Crippen molar-refractivity contribution in [2.45, 2.75) is 72.1 Å². The van der Waals surface area contributed by atoms with Gasteiger partial charge in [-0.05, 0) is 39.7 Å². The molecule has 11 nitrogen and oxygen atoms in total. The van der Waals surface area contributed by atoms with Gasteiger partial charge in [-0.2, -0.15) is 26.3 Å². The summed E-state index contributed by atoms with van der Waals surface area (Å²) < 4.78 is 74.2. The fourth-order valence-electron chi connectivity index (χ4n) is 2.67. The van der Waals surface area contributed by atoms with E-state index in [-0.39, 0.29) is 6.61 Å². The van der Waals surface area contributed by atoms with Gasteiger partial charge in [0.15, 0.2) is 0 Å². The normalized spacial score (nSPS) is 11.4. The van der Waals surface area contributed by atoms with Gasteiger partial charge in [0.25, 0.3) is 0 Å². The number of rotatable bonds is 8. The maximum atomic E-state index is 12.6. The molecule has 2 aromatic rings. The van der Waals surface area contributed by atoms with Gasteiger partial charge in [0.1, 0.15) is 16.3 Å². The number of hydrogen-bond acceptors (Lipinski definition) is 9. The van der Waals surface area contributed by atoms with Crippen LogP contribution in [0.5, 0.6) is 0 Å². The standard InChI is InChI=1S/C19H27N3O4S.2C2HF3O2/c1-6-12-15(17(23)25-7-2)13(10-20-11-14-21-8-9-27-14)22-16(12)18(24)26-19(3,4)5;2*3-2(4,5)1(6)7/h8-9,20,22H,6-7,10-11H2,1-5H3;2*(H,6,7). The maximum Gasteiger partial charge on any atom is 0.490 e. The Bertz CT molecular complexity index is 1130. The molecule has 0 radical (unpaired) electrons. The molecule has 0 unspecified atom stereocenters. The van der Waals surface area contributed by atoms with E-state index in [2.05, 4.69) is 15.3 Å². The number of carbonyl (C=O) groups is 4. The van der Waals surface area contributed by atoms with Gasteiger partial charge in [-0.25, -0.2) is 24.2 Å². The highest BCUT2D eigenvalue weighted by atomic mass is 32.1. The molecule has 2 heterocycles. The van der Waals surface area contributed by atoms with Crippen LogP contribution in [0.3, 0.4) is 0 Å². The predicted octanol–water partition coefficient (Wildman–Crippen LogP) is 4.72. The second kappa shape index (κ2) is 15.9. The largest absolute Gasteiger partial charge is 0.490 e. The third-order valence-corrected chi connectivity index (χ3v) is 4.94. The van der Waals surface area contributed by atoms with Crippen LogP contribution in [0, 0.1) is 0 Å². The van der Waals surface area contributed by atoms with Crippen LogP contribution in [0.4, 0.5) is 26.3 Å². The molecule has 41 heavy (non-hydrogen) atoms. The van der Waals surface area contributed by atoms with Crippen molar-refractivity contribution in [2.75, 3.05) is 6.61 Å². The fraction of sp³-hybridized carbons (Fsp3) is 0.522. The molecule has 0 aliphatic rings. The minimum absolute atomic E-state index is 0.265. The predicted molar refractivity (Wildman–Crippen MR) is 131 cm³/mol. The van der Waals surface area contributed by atoms with E-state index in [0.717, 1.165) is 5.01 Å². The Morgan fingerprint density at radius 2 is 1.46 bits per heavy atom. The Hall–Kier alpha value is -3.67. The summed E-state index contributed by atoms with van der Waals surface area (Å²) in [5.41, 5.74) is 1.32. The zero-order chi connectivity index (χ0) is 32.2. The first kappa shape index (κ1) is 37.3. The Morgan fingerprint density at radius 1 is 0.951 bits per heavy atom. The second-order valence-corrected chi connectivity index (χ2v) is 9.52. The zero-order valence-corrected chi connectivity index (χ0v) is 23.3. The van der Waals surface area contributed by atoms with Gasteiger partial charge in [-0.15, -0.1) is 11.3 Å². The number of H-pyrrole nitrogens is 1. The number of nitrogens with zero attached hydrogens (tertiary/aromatic N) is 1. The quantitative estimate of drug-likeness (QED) is 0.239. The van der Waals surface area contributed by atoms with Crippen molar-refractivity contribution in [1.29, 1.82) is 0 Å². The summed E-state index contributed by atoms with van der Waals surface area (Å²) in [6, 6.07) is 0. The van der Waals surface area contributed by atoms with Crippen LogP contribution in [0.1, 0.15) is 71.7 Å². The minimum atomic E-state index is -5.08. The number of hydrogen-bond donors (Lipinski definition) is 4.